The van der Waals surface area contributed by atoms with Crippen LogP contribution in [-0.4, -0.2) is 18.1 Å². The molecule has 0 saturated heterocycles. The molecule has 2 heterocycles. The van der Waals surface area contributed by atoms with E-state index in [-0.39, 0.29) is 6.04 Å². The number of anilines is 1. The van der Waals surface area contributed by atoms with E-state index < -0.39 is 0 Å². The van der Waals surface area contributed by atoms with Gasteiger partial charge in [0, 0.05) is 18.2 Å². The van der Waals surface area contributed by atoms with Gasteiger partial charge in [0.1, 0.15) is 12.4 Å². The Bertz CT molecular complexity index is 597. The predicted molar refractivity (Wildman–Crippen MR) is 84.4 cm³/mol. The van der Waals surface area contributed by atoms with Gasteiger partial charge in [-0.1, -0.05) is 25.1 Å². The van der Waals surface area contributed by atoms with Crippen molar-refractivity contribution in [3.05, 3.63) is 53.9 Å². The van der Waals surface area contributed by atoms with Gasteiger partial charge in [0.05, 0.1) is 24.1 Å². The number of hydrogen-bond donors (Lipinski definition) is 1. The third kappa shape index (κ3) is 3.00. The Kier molecular flexibility index (Phi) is 4.06. The van der Waals surface area contributed by atoms with Crippen LogP contribution < -0.4 is 15.4 Å². The van der Waals surface area contributed by atoms with Crippen molar-refractivity contribution >= 4 is 5.69 Å². The summed E-state index contributed by atoms with van der Waals surface area (Å²) in [5, 5.41) is 0. The highest BCUT2D eigenvalue weighted by Gasteiger charge is 2.16. The fourth-order valence-electron chi connectivity index (χ4n) is 2.56. The van der Waals surface area contributed by atoms with Crippen molar-refractivity contribution in [2.24, 2.45) is 5.73 Å². The van der Waals surface area contributed by atoms with E-state index in [1.54, 1.807) is 0 Å². The summed E-state index contributed by atoms with van der Waals surface area (Å²) in [6.45, 7) is 4.46. The molecule has 4 heteroatoms. The summed E-state index contributed by atoms with van der Waals surface area (Å²) >= 11 is 0. The van der Waals surface area contributed by atoms with Crippen LogP contribution in [0.5, 0.6) is 5.75 Å². The number of nitrogens with zero attached hydrogens (tertiary/aromatic N) is 2. The minimum Gasteiger partial charge on any atom is -0.491 e. The molecule has 0 saturated carbocycles. The molecule has 0 spiro atoms. The van der Waals surface area contributed by atoms with Crippen molar-refractivity contribution in [3.63, 3.8) is 0 Å². The maximum absolute atomic E-state index is 6.01. The Morgan fingerprint density at radius 3 is 2.90 bits per heavy atom. The number of aromatic nitrogens is 1. The molecule has 2 aromatic rings. The topological polar surface area (TPSA) is 51.4 Å². The summed E-state index contributed by atoms with van der Waals surface area (Å²) in [5.41, 5.74) is 9.29. The van der Waals surface area contributed by atoms with Crippen molar-refractivity contribution in [3.8, 4) is 5.75 Å². The lowest BCUT2D eigenvalue weighted by molar-refractivity contribution is 0.331. The summed E-state index contributed by atoms with van der Waals surface area (Å²) in [6.07, 6.45) is 2.82. The van der Waals surface area contributed by atoms with E-state index in [4.69, 9.17) is 10.5 Å². The Morgan fingerprint density at radius 1 is 1.29 bits per heavy atom. The maximum atomic E-state index is 6.01. The molecular weight excluding hydrogens is 262 g/mol. The predicted octanol–water partition coefficient (Wildman–Crippen LogP) is 2.89. The Labute approximate surface area is 125 Å². The third-order valence-electron chi connectivity index (χ3n) is 3.91. The first-order chi connectivity index (χ1) is 10.3. The van der Waals surface area contributed by atoms with Gasteiger partial charge in [-0.2, -0.15) is 0 Å². The van der Waals surface area contributed by atoms with Gasteiger partial charge in [-0.3, -0.25) is 4.98 Å². The molecule has 1 aliphatic heterocycles. The first-order valence-electron chi connectivity index (χ1n) is 7.45. The second-order valence-corrected chi connectivity index (χ2v) is 5.33. The molecule has 4 nitrogen and oxygen atoms in total. The van der Waals surface area contributed by atoms with Gasteiger partial charge in [-0.25, -0.2) is 0 Å². The van der Waals surface area contributed by atoms with Crippen LogP contribution in [0.3, 0.4) is 0 Å². The van der Waals surface area contributed by atoms with Crippen LogP contribution in [-0.2, 0) is 6.54 Å². The van der Waals surface area contributed by atoms with E-state index in [1.165, 1.54) is 5.56 Å². The summed E-state index contributed by atoms with van der Waals surface area (Å²) in [6, 6.07) is 12.4. The second kappa shape index (κ2) is 6.14. The lowest BCUT2D eigenvalue weighted by Gasteiger charge is -2.22. The van der Waals surface area contributed by atoms with E-state index in [2.05, 4.69) is 28.9 Å². The molecule has 0 amide bonds. The summed E-state index contributed by atoms with van der Waals surface area (Å²) in [5.74, 6) is 0.984. The van der Waals surface area contributed by atoms with Crippen molar-refractivity contribution in [2.75, 3.05) is 18.1 Å². The number of benzene rings is 1. The number of pyridine rings is 1. The summed E-state index contributed by atoms with van der Waals surface area (Å²) in [7, 11) is 0. The normalized spacial score (nSPS) is 15.8. The van der Waals surface area contributed by atoms with Crippen LogP contribution >= 0.6 is 0 Å². The maximum Gasteiger partial charge on any atom is 0.124 e. The zero-order valence-corrected chi connectivity index (χ0v) is 12.3. The van der Waals surface area contributed by atoms with Gasteiger partial charge in [-0.05, 0) is 24.6 Å². The van der Waals surface area contributed by atoms with E-state index in [0.29, 0.717) is 6.61 Å². The SMILES string of the molecule is CC[C@@H](N)c1ccc(N2CCOc3ccccc3C2)cn1. The molecule has 21 heavy (non-hydrogen) atoms. The average Bonchev–Trinajstić information content (AvgIpc) is 2.76. The fourth-order valence-corrected chi connectivity index (χ4v) is 2.56. The summed E-state index contributed by atoms with van der Waals surface area (Å²) in [4.78, 5) is 6.80. The third-order valence-corrected chi connectivity index (χ3v) is 3.91. The molecule has 0 fully saturated rings. The Hall–Kier alpha value is -2.07. The van der Waals surface area contributed by atoms with Gasteiger partial charge in [0.2, 0.25) is 0 Å². The van der Waals surface area contributed by atoms with E-state index in [0.717, 1.165) is 36.6 Å². The molecule has 1 atom stereocenters. The average molecular weight is 283 g/mol. The molecule has 1 aliphatic rings. The highest BCUT2D eigenvalue weighted by atomic mass is 16.5. The molecule has 2 N–H and O–H groups in total. The quantitative estimate of drug-likeness (QED) is 0.941. The highest BCUT2D eigenvalue weighted by molar-refractivity contribution is 5.48. The van der Waals surface area contributed by atoms with E-state index >= 15 is 0 Å². The monoisotopic (exact) mass is 283 g/mol. The van der Waals surface area contributed by atoms with Crippen molar-refractivity contribution in [1.82, 2.24) is 4.98 Å². The molecule has 3 rings (SSSR count). The van der Waals surface area contributed by atoms with Crippen LogP contribution in [0.2, 0.25) is 0 Å². The number of fused-ring (bicyclic) bond motifs is 1. The van der Waals surface area contributed by atoms with Gasteiger partial charge in [0.15, 0.2) is 0 Å². The standard InChI is InChI=1S/C17H21N3O/c1-2-15(18)16-8-7-14(11-19-16)20-9-10-21-17-6-4-3-5-13(17)12-20/h3-8,11,15H,2,9-10,12,18H2,1H3/t15-/m1/s1. The molecule has 1 aromatic heterocycles. The first kappa shape index (κ1) is 13.9. The van der Waals surface area contributed by atoms with Crippen LogP contribution in [0.15, 0.2) is 42.6 Å². The Balaban J connectivity index is 1.81. The van der Waals surface area contributed by atoms with Gasteiger partial charge < -0.3 is 15.4 Å². The van der Waals surface area contributed by atoms with Crippen LogP contribution in [0.4, 0.5) is 5.69 Å². The first-order valence-corrected chi connectivity index (χ1v) is 7.45. The minimum atomic E-state index is 0.0206. The zero-order valence-electron chi connectivity index (χ0n) is 12.3. The fraction of sp³-hybridized carbons (Fsp3) is 0.353. The largest absolute Gasteiger partial charge is 0.491 e. The molecule has 0 bridgehead atoms. The van der Waals surface area contributed by atoms with Crippen molar-refractivity contribution in [1.29, 1.82) is 0 Å². The highest BCUT2D eigenvalue weighted by Crippen LogP contribution is 2.26. The molecule has 1 aromatic carbocycles. The number of para-hydroxylation sites is 1. The van der Waals surface area contributed by atoms with Crippen LogP contribution in [0.1, 0.15) is 30.6 Å². The van der Waals surface area contributed by atoms with Gasteiger partial charge >= 0.3 is 0 Å². The number of nitrogens with two attached hydrogens (primary N) is 1. The Morgan fingerprint density at radius 2 is 2.14 bits per heavy atom. The van der Waals surface area contributed by atoms with Gasteiger partial charge in [-0.15, -0.1) is 0 Å². The minimum absolute atomic E-state index is 0.0206. The van der Waals surface area contributed by atoms with E-state index in [1.807, 2.05) is 30.5 Å². The number of rotatable bonds is 3. The lowest BCUT2D eigenvalue weighted by atomic mass is 10.1. The zero-order chi connectivity index (χ0) is 14.7. The second-order valence-electron chi connectivity index (χ2n) is 5.33. The number of ether oxygens (including phenoxy) is 1. The van der Waals surface area contributed by atoms with Gasteiger partial charge in [0.25, 0.3) is 0 Å². The molecule has 0 radical (unpaired) electrons. The lowest BCUT2D eigenvalue weighted by Crippen LogP contribution is -2.25. The van der Waals surface area contributed by atoms with Crippen molar-refractivity contribution < 1.29 is 4.74 Å². The van der Waals surface area contributed by atoms with Crippen molar-refractivity contribution in [2.45, 2.75) is 25.9 Å². The summed E-state index contributed by atoms with van der Waals surface area (Å²) < 4.78 is 5.80. The van der Waals surface area contributed by atoms with Crippen LogP contribution in [0, 0.1) is 0 Å². The molecule has 0 aliphatic carbocycles. The molecule has 0 unspecified atom stereocenters. The molecular formula is C17H21N3O. The smallest absolute Gasteiger partial charge is 0.124 e. The number of hydrogen-bond acceptors (Lipinski definition) is 4. The molecule has 110 valence electrons. The van der Waals surface area contributed by atoms with E-state index in [9.17, 15) is 0 Å². The van der Waals surface area contributed by atoms with Crippen LogP contribution in [0.25, 0.3) is 0 Å².